The fraction of sp³-hybridized carbons (Fsp3) is 0.417. The molecular formula is C12H11F4O4-. The van der Waals surface area contributed by atoms with E-state index in [-0.39, 0.29) is 11.3 Å². The van der Waals surface area contributed by atoms with E-state index in [1.807, 2.05) is 0 Å². The summed E-state index contributed by atoms with van der Waals surface area (Å²) < 4.78 is 61.1. The quantitative estimate of drug-likeness (QED) is 0.712. The van der Waals surface area contributed by atoms with Gasteiger partial charge in [-0.2, -0.15) is 17.6 Å². The number of halogens is 4. The first-order valence-corrected chi connectivity index (χ1v) is 5.38. The van der Waals surface area contributed by atoms with Gasteiger partial charge in [0.2, 0.25) is 0 Å². The van der Waals surface area contributed by atoms with Crippen LogP contribution in [0.2, 0.25) is 0 Å². The van der Waals surface area contributed by atoms with Crippen molar-refractivity contribution in [3.8, 4) is 5.75 Å². The molecule has 1 aromatic carbocycles. The summed E-state index contributed by atoms with van der Waals surface area (Å²) in [7, 11) is 0.878. The molecule has 0 aliphatic rings. The Morgan fingerprint density at radius 3 is 2.05 bits per heavy atom. The number of carbonyl (C=O) groups excluding carboxylic acids is 1. The summed E-state index contributed by atoms with van der Waals surface area (Å²) in [6.07, 6.45) is 0. The average Bonchev–Trinajstić information content (AvgIpc) is 2.36. The minimum Gasteiger partial charge on any atom is -0.545 e. The Labute approximate surface area is 111 Å². The monoisotopic (exact) mass is 295 g/mol. The molecule has 0 N–H and O–H groups in total. The van der Waals surface area contributed by atoms with E-state index in [2.05, 4.69) is 9.47 Å². The molecule has 8 heteroatoms. The standard InChI is InChI=1S/C12H12F4O4/c1-19-6-11(13,14)12(15,16)7-20-9-4-2-8(3-5-9)10(17)18/h2-5H,6-7H2,1H3,(H,17,18)/p-1. The molecule has 0 saturated heterocycles. The Morgan fingerprint density at radius 2 is 1.60 bits per heavy atom. The van der Waals surface area contributed by atoms with Crippen molar-refractivity contribution in [3.63, 3.8) is 0 Å². The fourth-order valence-electron chi connectivity index (χ4n) is 1.25. The van der Waals surface area contributed by atoms with Gasteiger partial charge in [0, 0.05) is 7.11 Å². The Bertz CT molecular complexity index is 459. The first-order valence-electron chi connectivity index (χ1n) is 5.38. The second kappa shape index (κ2) is 6.08. The number of carbonyl (C=O) groups is 1. The van der Waals surface area contributed by atoms with Gasteiger partial charge in [0.25, 0.3) is 0 Å². The van der Waals surface area contributed by atoms with E-state index in [4.69, 9.17) is 0 Å². The van der Waals surface area contributed by atoms with Crippen molar-refractivity contribution in [2.75, 3.05) is 20.3 Å². The number of alkyl halides is 4. The number of hydrogen-bond acceptors (Lipinski definition) is 4. The molecule has 0 atom stereocenters. The maximum absolute atomic E-state index is 13.2. The molecule has 0 heterocycles. The first-order chi connectivity index (χ1) is 9.19. The fourth-order valence-corrected chi connectivity index (χ4v) is 1.25. The second-order valence-corrected chi connectivity index (χ2v) is 3.94. The van der Waals surface area contributed by atoms with E-state index in [0.29, 0.717) is 0 Å². The van der Waals surface area contributed by atoms with Gasteiger partial charge in [0.15, 0.2) is 6.61 Å². The van der Waals surface area contributed by atoms with Crippen LogP contribution in [0.4, 0.5) is 17.6 Å². The van der Waals surface area contributed by atoms with Crippen molar-refractivity contribution in [3.05, 3.63) is 29.8 Å². The highest BCUT2D eigenvalue weighted by Gasteiger charge is 2.57. The molecule has 0 aliphatic heterocycles. The van der Waals surface area contributed by atoms with Crippen LogP contribution in [0.3, 0.4) is 0 Å². The molecule has 0 aromatic heterocycles. The zero-order valence-corrected chi connectivity index (χ0v) is 10.4. The van der Waals surface area contributed by atoms with Crippen LogP contribution in [-0.2, 0) is 4.74 Å². The molecule has 4 nitrogen and oxygen atoms in total. The van der Waals surface area contributed by atoms with E-state index in [9.17, 15) is 27.5 Å². The summed E-state index contributed by atoms with van der Waals surface area (Å²) in [5.41, 5.74) is -0.186. The molecule has 0 fully saturated rings. The number of methoxy groups -OCH3 is 1. The lowest BCUT2D eigenvalue weighted by atomic mass is 10.2. The second-order valence-electron chi connectivity index (χ2n) is 3.94. The van der Waals surface area contributed by atoms with Gasteiger partial charge in [-0.15, -0.1) is 0 Å². The Hall–Kier alpha value is -1.83. The van der Waals surface area contributed by atoms with Crippen LogP contribution >= 0.6 is 0 Å². The molecule has 0 unspecified atom stereocenters. The van der Waals surface area contributed by atoms with Crippen molar-refractivity contribution in [2.45, 2.75) is 11.8 Å². The van der Waals surface area contributed by atoms with Crippen LogP contribution in [-0.4, -0.2) is 38.1 Å². The molecule has 1 rings (SSSR count). The van der Waals surface area contributed by atoms with Crippen molar-refractivity contribution >= 4 is 5.97 Å². The summed E-state index contributed by atoms with van der Waals surface area (Å²) in [4.78, 5) is 10.4. The Kier molecular flexibility index (Phi) is 4.93. The van der Waals surface area contributed by atoms with Crippen molar-refractivity contribution in [1.29, 1.82) is 0 Å². The molecule has 0 saturated carbocycles. The van der Waals surface area contributed by atoms with Gasteiger partial charge in [-0.1, -0.05) is 0 Å². The minimum absolute atomic E-state index is 0.164. The molecule has 0 bridgehead atoms. The third-order valence-corrected chi connectivity index (χ3v) is 2.37. The number of aromatic carboxylic acids is 1. The summed E-state index contributed by atoms with van der Waals surface area (Å²) >= 11 is 0. The van der Waals surface area contributed by atoms with E-state index in [1.54, 1.807) is 0 Å². The maximum atomic E-state index is 13.2. The first kappa shape index (κ1) is 16.2. The zero-order valence-electron chi connectivity index (χ0n) is 10.4. The summed E-state index contributed by atoms with van der Waals surface area (Å²) in [5, 5.41) is 10.4. The molecular weight excluding hydrogens is 284 g/mol. The van der Waals surface area contributed by atoms with Crippen molar-refractivity contribution < 1.29 is 36.9 Å². The summed E-state index contributed by atoms with van der Waals surface area (Å²) in [6.45, 7) is -3.00. The lowest BCUT2D eigenvalue weighted by Gasteiger charge is -2.25. The van der Waals surface area contributed by atoms with Crippen LogP contribution < -0.4 is 9.84 Å². The molecule has 112 valence electrons. The lowest BCUT2D eigenvalue weighted by Crippen LogP contribution is -2.48. The highest BCUT2D eigenvalue weighted by molar-refractivity contribution is 5.85. The van der Waals surface area contributed by atoms with Crippen molar-refractivity contribution in [1.82, 2.24) is 0 Å². The number of ether oxygens (including phenoxy) is 2. The number of carboxylic acid groups (broad SMARTS) is 1. The Balaban J connectivity index is 2.68. The number of rotatable bonds is 7. The SMILES string of the molecule is COCC(F)(F)C(F)(F)COc1ccc(C(=O)[O-])cc1. The van der Waals surface area contributed by atoms with Gasteiger partial charge in [-0.3, -0.25) is 0 Å². The van der Waals surface area contributed by atoms with E-state index in [0.717, 1.165) is 31.4 Å². The zero-order chi connectivity index (χ0) is 15.4. The summed E-state index contributed by atoms with van der Waals surface area (Å²) in [6, 6.07) is 4.23. The maximum Gasteiger partial charge on any atom is 0.345 e. The number of carboxylic acids is 1. The highest BCUT2D eigenvalue weighted by Crippen LogP contribution is 2.34. The largest absolute Gasteiger partial charge is 0.545 e. The van der Waals surface area contributed by atoms with E-state index in [1.165, 1.54) is 0 Å². The van der Waals surface area contributed by atoms with E-state index < -0.39 is 31.0 Å². The van der Waals surface area contributed by atoms with Gasteiger partial charge in [-0.05, 0) is 29.8 Å². The minimum atomic E-state index is -4.42. The Morgan fingerprint density at radius 1 is 1.10 bits per heavy atom. The van der Waals surface area contributed by atoms with Gasteiger partial charge >= 0.3 is 11.8 Å². The van der Waals surface area contributed by atoms with Crippen LogP contribution in [0.25, 0.3) is 0 Å². The number of hydrogen-bond donors (Lipinski definition) is 0. The average molecular weight is 295 g/mol. The molecule has 0 spiro atoms. The van der Waals surface area contributed by atoms with Crippen LogP contribution in [0.15, 0.2) is 24.3 Å². The van der Waals surface area contributed by atoms with Crippen LogP contribution in [0.5, 0.6) is 5.75 Å². The topological polar surface area (TPSA) is 58.6 Å². The van der Waals surface area contributed by atoms with Gasteiger partial charge < -0.3 is 19.4 Å². The lowest BCUT2D eigenvalue weighted by molar-refractivity contribution is -0.255. The molecule has 0 amide bonds. The molecule has 0 radical (unpaired) electrons. The normalized spacial score (nSPS) is 12.2. The summed E-state index contributed by atoms with van der Waals surface area (Å²) in [5.74, 6) is -10.4. The van der Waals surface area contributed by atoms with Gasteiger partial charge in [0.05, 0.1) is 5.97 Å². The van der Waals surface area contributed by atoms with Crippen LogP contribution in [0, 0.1) is 0 Å². The predicted molar refractivity (Wildman–Crippen MR) is 58.0 cm³/mol. The van der Waals surface area contributed by atoms with E-state index >= 15 is 0 Å². The highest BCUT2D eigenvalue weighted by atomic mass is 19.3. The number of benzene rings is 1. The smallest absolute Gasteiger partial charge is 0.345 e. The van der Waals surface area contributed by atoms with Gasteiger partial charge in [0.1, 0.15) is 12.4 Å². The third-order valence-electron chi connectivity index (χ3n) is 2.37. The molecule has 20 heavy (non-hydrogen) atoms. The van der Waals surface area contributed by atoms with Crippen LogP contribution in [0.1, 0.15) is 10.4 Å². The third kappa shape index (κ3) is 3.83. The van der Waals surface area contributed by atoms with Crippen molar-refractivity contribution in [2.24, 2.45) is 0 Å². The van der Waals surface area contributed by atoms with Gasteiger partial charge in [-0.25, -0.2) is 0 Å². The predicted octanol–water partition coefficient (Wildman–Crippen LogP) is 1.35. The molecule has 0 aliphatic carbocycles. The molecule has 1 aromatic rings.